The Morgan fingerprint density at radius 3 is 2.27 bits per heavy atom. The molecule has 2 aliphatic heterocycles. The van der Waals surface area contributed by atoms with Crippen molar-refractivity contribution >= 4 is 11.9 Å². The van der Waals surface area contributed by atoms with Crippen molar-refractivity contribution in [2.24, 2.45) is 22.2 Å². The van der Waals surface area contributed by atoms with Gasteiger partial charge in [-0.25, -0.2) is 0 Å². The second kappa shape index (κ2) is 4.48. The maximum absolute atomic E-state index is 12.6. The summed E-state index contributed by atoms with van der Waals surface area (Å²) in [6.45, 7) is 10.2. The lowest BCUT2D eigenvalue weighted by Crippen LogP contribution is -2.53. The lowest BCUT2D eigenvalue weighted by Gasteiger charge is -2.53. The smallest absolute Gasteiger partial charge is 0.314 e. The molecule has 22 heavy (non-hydrogen) atoms. The molecule has 0 aromatic rings. The molecule has 4 bridgehead atoms. The summed E-state index contributed by atoms with van der Waals surface area (Å²) in [6.07, 6.45) is 4.79. The van der Waals surface area contributed by atoms with Crippen LogP contribution in [0, 0.1) is 22.2 Å². The summed E-state index contributed by atoms with van der Waals surface area (Å²) in [7, 11) is 0. The van der Waals surface area contributed by atoms with Crippen LogP contribution in [0.1, 0.15) is 73.1 Å². The molecule has 4 fully saturated rings. The minimum atomic E-state index is -1.05. The Morgan fingerprint density at radius 1 is 1.23 bits per heavy atom. The Balaban J connectivity index is 1.95. The lowest BCUT2D eigenvalue weighted by molar-refractivity contribution is -0.259. The molecular formula is C18H28O4. The van der Waals surface area contributed by atoms with Crippen molar-refractivity contribution in [3.63, 3.8) is 0 Å². The number of fused-ring (bicyclic) bond motifs is 1. The van der Waals surface area contributed by atoms with E-state index >= 15 is 0 Å². The normalized spacial score (nSPS) is 43.7. The van der Waals surface area contributed by atoms with Gasteiger partial charge < -0.3 is 9.47 Å². The molecule has 0 radical (unpaired) electrons. The van der Waals surface area contributed by atoms with Crippen molar-refractivity contribution < 1.29 is 19.1 Å². The summed E-state index contributed by atoms with van der Waals surface area (Å²) >= 11 is 0. The van der Waals surface area contributed by atoms with E-state index in [4.69, 9.17) is 9.47 Å². The van der Waals surface area contributed by atoms with Crippen LogP contribution in [0.15, 0.2) is 0 Å². The first kappa shape index (κ1) is 15.8. The quantitative estimate of drug-likeness (QED) is 0.744. The first-order valence-corrected chi connectivity index (χ1v) is 8.47. The van der Waals surface area contributed by atoms with E-state index in [1.807, 2.05) is 20.8 Å². The largest absolute Gasteiger partial charge is 0.422 e. The number of esters is 2. The van der Waals surface area contributed by atoms with Crippen molar-refractivity contribution in [1.82, 2.24) is 0 Å². The van der Waals surface area contributed by atoms with Crippen molar-refractivity contribution in [3.05, 3.63) is 0 Å². The highest BCUT2D eigenvalue weighted by Gasteiger charge is 2.63. The minimum Gasteiger partial charge on any atom is -0.422 e. The fourth-order valence-corrected chi connectivity index (χ4v) is 5.12. The third kappa shape index (κ3) is 2.44. The van der Waals surface area contributed by atoms with E-state index in [2.05, 4.69) is 13.8 Å². The summed E-state index contributed by atoms with van der Waals surface area (Å²) in [5, 5.41) is 0. The second-order valence-corrected chi connectivity index (χ2v) is 9.22. The number of carbonyl (C=O) groups excluding carboxylic acids is 2. The van der Waals surface area contributed by atoms with E-state index in [9.17, 15) is 9.59 Å². The zero-order chi connectivity index (χ0) is 16.4. The predicted molar refractivity (Wildman–Crippen MR) is 81.8 cm³/mol. The highest BCUT2D eigenvalue weighted by molar-refractivity contribution is 5.78. The van der Waals surface area contributed by atoms with Gasteiger partial charge in [-0.2, -0.15) is 0 Å². The van der Waals surface area contributed by atoms with Gasteiger partial charge in [0.15, 0.2) is 0 Å². The second-order valence-electron chi connectivity index (χ2n) is 9.22. The van der Waals surface area contributed by atoms with Crippen LogP contribution in [0.25, 0.3) is 0 Å². The highest BCUT2D eigenvalue weighted by Crippen LogP contribution is 2.63. The van der Waals surface area contributed by atoms with Crippen LogP contribution in [-0.2, 0) is 19.1 Å². The fraction of sp³-hybridized carbons (Fsp3) is 0.889. The van der Waals surface area contributed by atoms with Crippen LogP contribution >= 0.6 is 0 Å². The molecule has 0 amide bonds. The topological polar surface area (TPSA) is 52.6 Å². The molecule has 0 spiro atoms. The molecule has 2 unspecified atom stereocenters. The van der Waals surface area contributed by atoms with E-state index in [0.29, 0.717) is 19.3 Å². The van der Waals surface area contributed by atoms with Crippen LogP contribution in [0.4, 0.5) is 0 Å². The summed E-state index contributed by atoms with van der Waals surface area (Å²) in [5.74, 6) is -1.51. The van der Waals surface area contributed by atoms with Crippen LogP contribution < -0.4 is 0 Å². The monoisotopic (exact) mass is 308 g/mol. The molecular weight excluding hydrogens is 280 g/mol. The molecule has 2 heterocycles. The summed E-state index contributed by atoms with van der Waals surface area (Å²) in [5.41, 5.74) is -0.497. The molecule has 2 saturated carbocycles. The van der Waals surface area contributed by atoms with Crippen LogP contribution in [-0.4, -0.2) is 17.7 Å². The van der Waals surface area contributed by atoms with Gasteiger partial charge in [0, 0.05) is 12.8 Å². The van der Waals surface area contributed by atoms with Gasteiger partial charge in [0.2, 0.25) is 0 Å². The SMILES string of the molecule is CCC(C)(C)C(=O)OC12CC3(C)CC(CC(C)(C3)C1)C(=O)O2. The molecule has 4 aliphatic rings. The average Bonchev–Trinajstić information content (AvgIpc) is 2.45. The molecule has 2 aliphatic carbocycles. The average molecular weight is 308 g/mol. The standard InChI is InChI=1S/C18H28O4/c1-6-15(2,3)14(20)22-18-10-16(4)7-12(13(19)21-18)8-17(5,9-16)11-18/h12H,6-11H2,1-5H3. The Bertz CT molecular complexity index is 503. The maximum atomic E-state index is 12.6. The van der Waals surface area contributed by atoms with Gasteiger partial charge in [-0.1, -0.05) is 20.8 Å². The van der Waals surface area contributed by atoms with Crippen molar-refractivity contribution in [2.45, 2.75) is 78.9 Å². The van der Waals surface area contributed by atoms with E-state index in [1.54, 1.807) is 0 Å². The fourth-order valence-electron chi connectivity index (χ4n) is 5.12. The Kier molecular flexibility index (Phi) is 3.22. The van der Waals surface area contributed by atoms with Gasteiger partial charge in [0.1, 0.15) is 0 Å². The Hall–Kier alpha value is -1.06. The van der Waals surface area contributed by atoms with Crippen LogP contribution in [0.5, 0.6) is 0 Å². The number of hydrogen-bond donors (Lipinski definition) is 0. The third-order valence-electron chi connectivity index (χ3n) is 6.06. The van der Waals surface area contributed by atoms with Gasteiger partial charge in [-0.3, -0.25) is 9.59 Å². The van der Waals surface area contributed by atoms with E-state index in [-0.39, 0.29) is 28.7 Å². The first-order chi connectivity index (χ1) is 10.0. The number of ether oxygens (including phenoxy) is 2. The lowest BCUT2D eigenvalue weighted by atomic mass is 9.53. The number of rotatable bonds is 3. The first-order valence-electron chi connectivity index (χ1n) is 8.47. The molecule has 2 atom stereocenters. The molecule has 2 saturated heterocycles. The molecule has 0 aromatic heterocycles. The minimum absolute atomic E-state index is 0.0265. The number of hydrogen-bond acceptors (Lipinski definition) is 4. The van der Waals surface area contributed by atoms with Crippen molar-refractivity contribution in [1.29, 1.82) is 0 Å². The summed E-state index contributed by atoms with van der Waals surface area (Å²) < 4.78 is 11.7. The maximum Gasteiger partial charge on any atom is 0.314 e. The van der Waals surface area contributed by atoms with E-state index in [0.717, 1.165) is 19.3 Å². The van der Waals surface area contributed by atoms with E-state index < -0.39 is 11.2 Å². The van der Waals surface area contributed by atoms with Gasteiger partial charge >= 0.3 is 11.9 Å². The van der Waals surface area contributed by atoms with Crippen molar-refractivity contribution in [3.8, 4) is 0 Å². The van der Waals surface area contributed by atoms with Crippen LogP contribution in [0.3, 0.4) is 0 Å². The highest BCUT2D eigenvalue weighted by atomic mass is 16.7. The zero-order valence-corrected chi connectivity index (χ0v) is 14.5. The molecule has 0 N–H and O–H groups in total. The molecule has 0 aromatic carbocycles. The molecule has 4 nitrogen and oxygen atoms in total. The summed E-state index contributed by atoms with van der Waals surface area (Å²) in [4.78, 5) is 25.0. The molecule has 4 heteroatoms. The third-order valence-corrected chi connectivity index (χ3v) is 6.06. The molecule has 124 valence electrons. The van der Waals surface area contributed by atoms with Gasteiger partial charge in [-0.05, 0) is 50.4 Å². The van der Waals surface area contributed by atoms with Crippen molar-refractivity contribution in [2.75, 3.05) is 0 Å². The van der Waals surface area contributed by atoms with Gasteiger partial charge in [-0.15, -0.1) is 0 Å². The number of carbonyl (C=O) groups is 2. The predicted octanol–water partition coefficient (Wildman–Crippen LogP) is 3.83. The Morgan fingerprint density at radius 2 is 1.77 bits per heavy atom. The zero-order valence-electron chi connectivity index (χ0n) is 14.5. The summed E-state index contributed by atoms with van der Waals surface area (Å²) in [6, 6.07) is 0. The Labute approximate surface area is 132 Å². The van der Waals surface area contributed by atoms with Gasteiger partial charge in [0.05, 0.1) is 11.3 Å². The van der Waals surface area contributed by atoms with Gasteiger partial charge in [0.25, 0.3) is 5.79 Å². The molecule has 4 rings (SSSR count). The van der Waals surface area contributed by atoms with Crippen LogP contribution in [0.2, 0.25) is 0 Å². The van der Waals surface area contributed by atoms with E-state index in [1.165, 1.54) is 0 Å².